The molecule has 2 aromatic heterocycles. The molecular formula is C28H29N5O2. The van der Waals surface area contributed by atoms with Crippen LogP contribution in [-0.2, 0) is 17.8 Å². The highest BCUT2D eigenvalue weighted by molar-refractivity contribution is 5.93. The average molecular weight is 468 g/mol. The molecule has 2 aromatic carbocycles. The number of fused-ring (bicyclic) bond motifs is 1. The second-order valence-corrected chi connectivity index (χ2v) is 8.98. The highest BCUT2D eigenvalue weighted by atomic mass is 16.2. The molecule has 0 radical (unpaired) electrons. The lowest BCUT2D eigenvalue weighted by molar-refractivity contribution is -0.120. The second-order valence-electron chi connectivity index (χ2n) is 8.98. The Kier molecular flexibility index (Phi) is 6.57. The summed E-state index contributed by atoms with van der Waals surface area (Å²) in [4.78, 5) is 37.8. The Balaban J connectivity index is 1.41. The summed E-state index contributed by atoms with van der Waals surface area (Å²) in [6, 6.07) is 21.5. The van der Waals surface area contributed by atoms with Crippen LogP contribution in [0.5, 0.6) is 0 Å². The Morgan fingerprint density at radius 1 is 1.03 bits per heavy atom. The van der Waals surface area contributed by atoms with Crippen molar-refractivity contribution in [1.82, 2.24) is 14.5 Å². The summed E-state index contributed by atoms with van der Waals surface area (Å²) < 4.78 is 1.69. The zero-order valence-electron chi connectivity index (χ0n) is 19.9. The first-order valence-electron chi connectivity index (χ1n) is 12.2. The lowest BCUT2D eigenvalue weighted by Gasteiger charge is -2.32. The van der Waals surface area contributed by atoms with Gasteiger partial charge in [0.1, 0.15) is 5.52 Å². The van der Waals surface area contributed by atoms with Gasteiger partial charge in [0.15, 0.2) is 11.5 Å². The molecule has 1 fully saturated rings. The number of carbonyl (C=O) groups is 1. The molecule has 1 saturated heterocycles. The number of aryl methyl sites for hydroxylation is 1. The highest BCUT2D eigenvalue weighted by Gasteiger charge is 2.29. The van der Waals surface area contributed by atoms with Crippen LogP contribution in [0.15, 0.2) is 77.7 Å². The van der Waals surface area contributed by atoms with Crippen LogP contribution in [-0.4, -0.2) is 33.5 Å². The fraction of sp³-hybridized carbons (Fsp3) is 0.286. The summed E-state index contributed by atoms with van der Waals surface area (Å²) >= 11 is 0. The number of anilines is 2. The standard InChI is InChI=1S/C28H29N5O2/c1-2-20-12-14-23(15-13-20)30-27(34)22-10-7-17-32(19-22)26-28(35)33(18-21-8-4-3-5-9-21)25-24(31-26)11-6-16-29-25/h3-6,8-9,11-16,22H,2,7,10,17-19H2,1H3,(H,30,34). The van der Waals surface area contributed by atoms with Gasteiger partial charge in [0.2, 0.25) is 5.91 Å². The molecule has 4 aromatic rings. The van der Waals surface area contributed by atoms with E-state index in [0.29, 0.717) is 36.6 Å². The Hall–Kier alpha value is -4.00. The SMILES string of the molecule is CCc1ccc(NC(=O)C2CCCN(c3nc4cccnc4n(Cc4ccccc4)c3=O)C2)cc1. The number of benzene rings is 2. The van der Waals surface area contributed by atoms with Crippen molar-refractivity contribution in [1.29, 1.82) is 0 Å². The largest absolute Gasteiger partial charge is 0.351 e. The zero-order valence-corrected chi connectivity index (χ0v) is 19.9. The van der Waals surface area contributed by atoms with E-state index in [1.807, 2.05) is 71.6 Å². The quantitative estimate of drug-likeness (QED) is 0.458. The lowest BCUT2D eigenvalue weighted by atomic mass is 9.97. The van der Waals surface area contributed by atoms with E-state index >= 15 is 0 Å². The van der Waals surface area contributed by atoms with Gasteiger partial charge in [-0.25, -0.2) is 9.97 Å². The first-order valence-corrected chi connectivity index (χ1v) is 12.2. The third-order valence-corrected chi connectivity index (χ3v) is 6.59. The number of hydrogen-bond donors (Lipinski definition) is 1. The Morgan fingerprint density at radius 3 is 2.60 bits per heavy atom. The second kappa shape index (κ2) is 10.1. The van der Waals surface area contributed by atoms with Crippen molar-refractivity contribution in [3.8, 4) is 0 Å². The van der Waals surface area contributed by atoms with Gasteiger partial charge in [0.05, 0.1) is 12.5 Å². The molecule has 1 atom stereocenters. The monoisotopic (exact) mass is 467 g/mol. The summed E-state index contributed by atoms with van der Waals surface area (Å²) in [5, 5.41) is 3.04. The maximum absolute atomic E-state index is 13.6. The van der Waals surface area contributed by atoms with Gasteiger partial charge in [0, 0.05) is 25.0 Å². The van der Waals surface area contributed by atoms with Crippen LogP contribution >= 0.6 is 0 Å². The van der Waals surface area contributed by atoms with Crippen molar-refractivity contribution in [3.05, 3.63) is 94.4 Å². The van der Waals surface area contributed by atoms with Crippen LogP contribution in [0.4, 0.5) is 11.5 Å². The molecule has 0 bridgehead atoms. The van der Waals surface area contributed by atoms with Crippen molar-refractivity contribution in [2.75, 3.05) is 23.3 Å². The van der Waals surface area contributed by atoms with E-state index in [9.17, 15) is 9.59 Å². The summed E-state index contributed by atoms with van der Waals surface area (Å²) in [5.74, 6) is 0.139. The average Bonchev–Trinajstić information content (AvgIpc) is 2.91. The lowest BCUT2D eigenvalue weighted by Crippen LogP contribution is -2.44. The van der Waals surface area contributed by atoms with Gasteiger partial charge in [-0.15, -0.1) is 0 Å². The third kappa shape index (κ3) is 4.94. The number of piperidine rings is 1. The third-order valence-electron chi connectivity index (χ3n) is 6.59. The summed E-state index contributed by atoms with van der Waals surface area (Å²) in [6.07, 6.45) is 4.24. The number of rotatable bonds is 6. The van der Waals surface area contributed by atoms with Gasteiger partial charge in [-0.05, 0) is 54.7 Å². The molecule has 1 N–H and O–H groups in total. The molecule has 5 rings (SSSR count). The van der Waals surface area contributed by atoms with Crippen molar-refractivity contribution in [2.24, 2.45) is 5.92 Å². The van der Waals surface area contributed by atoms with E-state index in [0.717, 1.165) is 30.5 Å². The molecule has 0 spiro atoms. The predicted octanol–water partition coefficient (Wildman–Crippen LogP) is 4.26. The summed E-state index contributed by atoms with van der Waals surface area (Å²) in [6.45, 7) is 3.66. The molecule has 1 unspecified atom stereocenters. The normalized spacial score (nSPS) is 15.8. The minimum absolute atomic E-state index is 0.0222. The molecule has 178 valence electrons. The van der Waals surface area contributed by atoms with Crippen LogP contribution in [0.25, 0.3) is 11.2 Å². The van der Waals surface area contributed by atoms with E-state index < -0.39 is 0 Å². The van der Waals surface area contributed by atoms with Crippen molar-refractivity contribution in [3.63, 3.8) is 0 Å². The molecular weight excluding hydrogens is 438 g/mol. The van der Waals surface area contributed by atoms with Crippen LogP contribution in [0.3, 0.4) is 0 Å². The van der Waals surface area contributed by atoms with Gasteiger partial charge >= 0.3 is 0 Å². The zero-order chi connectivity index (χ0) is 24.2. The van der Waals surface area contributed by atoms with E-state index in [4.69, 9.17) is 4.98 Å². The van der Waals surface area contributed by atoms with Crippen LogP contribution in [0, 0.1) is 5.92 Å². The van der Waals surface area contributed by atoms with Gasteiger partial charge in [-0.3, -0.25) is 14.2 Å². The number of hydrogen-bond acceptors (Lipinski definition) is 5. The minimum atomic E-state index is -0.219. The van der Waals surface area contributed by atoms with Gasteiger partial charge in [-0.2, -0.15) is 0 Å². The molecule has 35 heavy (non-hydrogen) atoms. The van der Waals surface area contributed by atoms with Crippen molar-refractivity contribution in [2.45, 2.75) is 32.7 Å². The minimum Gasteiger partial charge on any atom is -0.351 e. The topological polar surface area (TPSA) is 80.1 Å². The Morgan fingerprint density at radius 2 is 1.83 bits per heavy atom. The number of nitrogens with zero attached hydrogens (tertiary/aromatic N) is 4. The first-order chi connectivity index (χ1) is 17.1. The summed E-state index contributed by atoms with van der Waals surface area (Å²) in [7, 11) is 0. The smallest absolute Gasteiger partial charge is 0.295 e. The molecule has 0 saturated carbocycles. The maximum atomic E-state index is 13.6. The van der Waals surface area contributed by atoms with Gasteiger partial charge < -0.3 is 10.2 Å². The van der Waals surface area contributed by atoms with Crippen molar-refractivity contribution < 1.29 is 4.79 Å². The van der Waals surface area contributed by atoms with Crippen LogP contribution in [0.1, 0.15) is 30.9 Å². The molecule has 3 heterocycles. The van der Waals surface area contributed by atoms with Gasteiger partial charge in [-0.1, -0.05) is 49.4 Å². The Labute approximate surface area is 204 Å². The fourth-order valence-electron chi connectivity index (χ4n) is 4.63. The van der Waals surface area contributed by atoms with Crippen molar-refractivity contribution >= 4 is 28.6 Å². The van der Waals surface area contributed by atoms with Crippen LogP contribution < -0.4 is 15.8 Å². The summed E-state index contributed by atoms with van der Waals surface area (Å²) in [5.41, 5.74) is 4.09. The van der Waals surface area contributed by atoms with Gasteiger partial charge in [0.25, 0.3) is 5.56 Å². The number of aromatic nitrogens is 3. The van der Waals surface area contributed by atoms with Crippen LogP contribution in [0.2, 0.25) is 0 Å². The van der Waals surface area contributed by atoms with E-state index in [1.54, 1.807) is 10.8 Å². The number of amides is 1. The number of carbonyl (C=O) groups excluding carboxylic acids is 1. The highest BCUT2D eigenvalue weighted by Crippen LogP contribution is 2.23. The fourth-order valence-corrected chi connectivity index (χ4v) is 4.63. The number of nitrogens with one attached hydrogen (secondary N) is 1. The molecule has 1 aliphatic heterocycles. The first kappa shape index (κ1) is 22.8. The number of pyridine rings is 1. The molecule has 1 aliphatic rings. The molecule has 0 aliphatic carbocycles. The van der Waals surface area contributed by atoms with E-state index in [2.05, 4.69) is 17.2 Å². The predicted molar refractivity (Wildman–Crippen MR) is 139 cm³/mol. The van der Waals surface area contributed by atoms with E-state index in [-0.39, 0.29) is 17.4 Å². The molecule has 1 amide bonds. The molecule has 7 nitrogen and oxygen atoms in total. The molecule has 7 heteroatoms. The maximum Gasteiger partial charge on any atom is 0.295 e. The Bertz CT molecular complexity index is 1380. The van der Waals surface area contributed by atoms with E-state index in [1.165, 1.54) is 5.56 Å².